The molecule has 0 atom stereocenters. The lowest BCUT2D eigenvalue weighted by atomic mass is 10.2. The van der Waals surface area contributed by atoms with Gasteiger partial charge in [-0.1, -0.05) is 18.5 Å². The van der Waals surface area contributed by atoms with Crippen molar-refractivity contribution in [1.29, 1.82) is 0 Å². The standard InChI is InChI=1S/C19H17ClFNO5/c1-2-9-26-19(25)15-10-14(7-8-16(15)20)22-17(23)11-27-18(24)12-3-5-13(21)6-4-12/h3-8,10H,2,9,11H2,1H3,(H,22,23). The van der Waals surface area contributed by atoms with E-state index in [9.17, 15) is 18.8 Å². The second kappa shape index (κ2) is 9.68. The van der Waals surface area contributed by atoms with E-state index in [4.69, 9.17) is 21.1 Å². The molecule has 6 nitrogen and oxygen atoms in total. The Morgan fingerprint density at radius 2 is 1.74 bits per heavy atom. The molecular weight excluding hydrogens is 377 g/mol. The van der Waals surface area contributed by atoms with Crippen molar-refractivity contribution in [1.82, 2.24) is 0 Å². The maximum absolute atomic E-state index is 12.8. The number of hydrogen-bond acceptors (Lipinski definition) is 5. The van der Waals surface area contributed by atoms with Crippen LogP contribution in [0.2, 0.25) is 5.02 Å². The number of amides is 1. The molecule has 0 fully saturated rings. The van der Waals surface area contributed by atoms with Crippen LogP contribution in [0.4, 0.5) is 10.1 Å². The summed E-state index contributed by atoms with van der Waals surface area (Å²) in [5.74, 6) is -2.45. The van der Waals surface area contributed by atoms with Crippen LogP contribution < -0.4 is 5.32 Å². The summed E-state index contributed by atoms with van der Waals surface area (Å²) < 4.78 is 22.7. The van der Waals surface area contributed by atoms with Crippen molar-refractivity contribution in [3.8, 4) is 0 Å². The molecule has 0 unspecified atom stereocenters. The summed E-state index contributed by atoms with van der Waals surface area (Å²) in [5.41, 5.74) is 0.536. The Kier molecular flexibility index (Phi) is 7.31. The number of nitrogens with one attached hydrogen (secondary N) is 1. The molecule has 0 heterocycles. The molecule has 0 aliphatic heterocycles. The third-order valence-corrected chi connectivity index (χ3v) is 3.65. The van der Waals surface area contributed by atoms with Gasteiger partial charge >= 0.3 is 11.9 Å². The number of halogens is 2. The SMILES string of the molecule is CCCOC(=O)c1cc(NC(=O)COC(=O)c2ccc(F)cc2)ccc1Cl. The van der Waals surface area contributed by atoms with Crippen LogP contribution in [0.1, 0.15) is 34.1 Å². The largest absolute Gasteiger partial charge is 0.462 e. The van der Waals surface area contributed by atoms with Crippen molar-refractivity contribution in [2.24, 2.45) is 0 Å². The number of carbonyl (C=O) groups is 3. The number of benzene rings is 2. The highest BCUT2D eigenvalue weighted by Crippen LogP contribution is 2.21. The molecule has 2 rings (SSSR count). The van der Waals surface area contributed by atoms with E-state index in [2.05, 4.69) is 5.32 Å². The van der Waals surface area contributed by atoms with Crippen molar-refractivity contribution in [3.63, 3.8) is 0 Å². The van der Waals surface area contributed by atoms with Gasteiger partial charge in [-0.05, 0) is 48.9 Å². The molecule has 142 valence electrons. The van der Waals surface area contributed by atoms with Gasteiger partial charge in [0.2, 0.25) is 0 Å². The summed E-state index contributed by atoms with van der Waals surface area (Å²) >= 11 is 5.98. The Hall–Kier alpha value is -2.93. The van der Waals surface area contributed by atoms with Crippen LogP contribution in [0.5, 0.6) is 0 Å². The molecule has 0 aliphatic rings. The Labute approximate surface area is 160 Å². The van der Waals surface area contributed by atoms with Crippen molar-refractivity contribution in [2.75, 3.05) is 18.5 Å². The Morgan fingerprint density at radius 1 is 1.04 bits per heavy atom. The molecule has 0 aliphatic carbocycles. The lowest BCUT2D eigenvalue weighted by molar-refractivity contribution is -0.119. The van der Waals surface area contributed by atoms with E-state index in [1.807, 2.05) is 6.92 Å². The van der Waals surface area contributed by atoms with Crippen LogP contribution in [0, 0.1) is 5.82 Å². The highest BCUT2D eigenvalue weighted by atomic mass is 35.5. The average molecular weight is 394 g/mol. The van der Waals surface area contributed by atoms with E-state index in [0.717, 1.165) is 12.1 Å². The third kappa shape index (κ3) is 6.07. The molecular formula is C19H17ClFNO5. The molecule has 0 saturated carbocycles. The number of hydrogen-bond donors (Lipinski definition) is 1. The molecule has 27 heavy (non-hydrogen) atoms. The fraction of sp³-hybridized carbons (Fsp3) is 0.211. The van der Waals surface area contributed by atoms with Gasteiger partial charge in [0.25, 0.3) is 5.91 Å². The normalized spacial score (nSPS) is 10.2. The van der Waals surface area contributed by atoms with Crippen LogP contribution >= 0.6 is 11.6 Å². The van der Waals surface area contributed by atoms with Gasteiger partial charge in [-0.15, -0.1) is 0 Å². The first kappa shape index (κ1) is 20.4. The summed E-state index contributed by atoms with van der Waals surface area (Å²) in [6.07, 6.45) is 0.666. The van der Waals surface area contributed by atoms with Crippen LogP contribution in [0.3, 0.4) is 0 Å². The average Bonchev–Trinajstić information content (AvgIpc) is 2.66. The predicted octanol–water partition coefficient (Wildman–Crippen LogP) is 3.84. The number of anilines is 1. The molecule has 0 saturated heterocycles. The van der Waals surface area contributed by atoms with E-state index >= 15 is 0 Å². The summed E-state index contributed by atoms with van der Waals surface area (Å²) in [4.78, 5) is 35.7. The van der Waals surface area contributed by atoms with Gasteiger partial charge in [0.05, 0.1) is 22.8 Å². The van der Waals surface area contributed by atoms with Crippen molar-refractivity contribution < 1.29 is 28.2 Å². The first-order valence-corrected chi connectivity index (χ1v) is 8.47. The molecule has 2 aromatic carbocycles. The highest BCUT2D eigenvalue weighted by Gasteiger charge is 2.15. The minimum Gasteiger partial charge on any atom is -0.462 e. The fourth-order valence-electron chi connectivity index (χ4n) is 2.03. The number of carbonyl (C=O) groups excluding carboxylic acids is 3. The van der Waals surface area contributed by atoms with E-state index in [1.165, 1.54) is 30.3 Å². The van der Waals surface area contributed by atoms with Gasteiger partial charge in [0.1, 0.15) is 5.82 Å². The lowest BCUT2D eigenvalue weighted by Gasteiger charge is -2.09. The van der Waals surface area contributed by atoms with E-state index < -0.39 is 30.3 Å². The maximum atomic E-state index is 12.8. The Bertz CT molecular complexity index is 838. The van der Waals surface area contributed by atoms with E-state index in [1.54, 1.807) is 0 Å². The number of ether oxygens (including phenoxy) is 2. The zero-order chi connectivity index (χ0) is 19.8. The number of rotatable bonds is 7. The summed E-state index contributed by atoms with van der Waals surface area (Å²) in [5, 5.41) is 2.69. The molecule has 0 bridgehead atoms. The van der Waals surface area contributed by atoms with Gasteiger partial charge < -0.3 is 14.8 Å². The molecule has 1 amide bonds. The van der Waals surface area contributed by atoms with Crippen LogP contribution in [0.25, 0.3) is 0 Å². The van der Waals surface area contributed by atoms with Gasteiger partial charge in [-0.25, -0.2) is 14.0 Å². The molecule has 0 radical (unpaired) electrons. The molecule has 2 aromatic rings. The predicted molar refractivity (Wildman–Crippen MR) is 97.3 cm³/mol. The third-order valence-electron chi connectivity index (χ3n) is 3.32. The van der Waals surface area contributed by atoms with Crippen molar-refractivity contribution in [3.05, 3.63) is 64.4 Å². The molecule has 0 aromatic heterocycles. The zero-order valence-electron chi connectivity index (χ0n) is 14.5. The second-order valence-corrected chi connectivity index (χ2v) is 5.87. The minimum absolute atomic E-state index is 0.117. The van der Waals surface area contributed by atoms with Gasteiger partial charge in [0.15, 0.2) is 6.61 Å². The first-order valence-electron chi connectivity index (χ1n) is 8.10. The Balaban J connectivity index is 1.94. The topological polar surface area (TPSA) is 81.7 Å². The zero-order valence-corrected chi connectivity index (χ0v) is 15.2. The van der Waals surface area contributed by atoms with Gasteiger partial charge in [-0.3, -0.25) is 4.79 Å². The lowest BCUT2D eigenvalue weighted by Crippen LogP contribution is -2.21. The van der Waals surface area contributed by atoms with Gasteiger partial charge in [-0.2, -0.15) is 0 Å². The molecule has 1 N–H and O–H groups in total. The van der Waals surface area contributed by atoms with E-state index in [-0.39, 0.29) is 22.8 Å². The monoisotopic (exact) mass is 393 g/mol. The first-order chi connectivity index (χ1) is 12.9. The van der Waals surface area contributed by atoms with Crippen molar-refractivity contribution in [2.45, 2.75) is 13.3 Å². The molecule has 8 heteroatoms. The molecule has 0 spiro atoms. The van der Waals surface area contributed by atoms with Crippen LogP contribution in [-0.4, -0.2) is 31.1 Å². The van der Waals surface area contributed by atoms with Crippen LogP contribution in [0.15, 0.2) is 42.5 Å². The smallest absolute Gasteiger partial charge is 0.339 e. The highest BCUT2D eigenvalue weighted by molar-refractivity contribution is 6.33. The van der Waals surface area contributed by atoms with Gasteiger partial charge in [0, 0.05) is 5.69 Å². The Morgan fingerprint density at radius 3 is 2.41 bits per heavy atom. The quantitative estimate of drug-likeness (QED) is 0.723. The summed E-state index contributed by atoms with van der Waals surface area (Å²) in [6.45, 7) is 1.57. The fourth-order valence-corrected chi connectivity index (χ4v) is 2.22. The van der Waals surface area contributed by atoms with Crippen LogP contribution in [-0.2, 0) is 14.3 Å². The number of esters is 2. The summed E-state index contributed by atoms with van der Waals surface area (Å²) in [7, 11) is 0. The maximum Gasteiger partial charge on any atom is 0.339 e. The minimum atomic E-state index is -0.759. The second-order valence-electron chi connectivity index (χ2n) is 5.46. The summed E-state index contributed by atoms with van der Waals surface area (Å²) in [6, 6.07) is 9.06. The van der Waals surface area contributed by atoms with Crippen molar-refractivity contribution >= 4 is 35.1 Å². The van der Waals surface area contributed by atoms with E-state index in [0.29, 0.717) is 12.1 Å².